The fourth-order valence-electron chi connectivity index (χ4n) is 2.53. The van der Waals surface area contributed by atoms with E-state index in [1.165, 1.54) is 0 Å². The number of benzene rings is 1. The Morgan fingerprint density at radius 2 is 1.93 bits per heavy atom. The lowest BCUT2D eigenvalue weighted by molar-refractivity contribution is -0.0520. The van der Waals surface area contributed by atoms with Crippen LogP contribution in [0.1, 0.15) is 25.1 Å². The summed E-state index contributed by atoms with van der Waals surface area (Å²) in [6.45, 7) is 2.27. The van der Waals surface area contributed by atoms with Gasteiger partial charge in [-0.25, -0.2) is 9.98 Å². The molecule has 0 radical (unpaired) electrons. The van der Waals surface area contributed by atoms with Crippen LogP contribution in [0.5, 0.6) is 17.4 Å². The number of guanidine groups is 1. The number of nitrogens with one attached hydrogen (secondary N) is 2. The number of ether oxygens (including phenoxy) is 3. The van der Waals surface area contributed by atoms with E-state index >= 15 is 0 Å². The average molecular weight is 408 g/mol. The highest BCUT2D eigenvalue weighted by Crippen LogP contribution is 2.33. The van der Waals surface area contributed by atoms with Gasteiger partial charge in [-0.2, -0.15) is 8.78 Å². The van der Waals surface area contributed by atoms with Crippen molar-refractivity contribution in [3.05, 3.63) is 47.7 Å². The summed E-state index contributed by atoms with van der Waals surface area (Å²) in [5.74, 6) is 1.30. The summed E-state index contributed by atoms with van der Waals surface area (Å²) in [6, 6.07) is 10.5. The molecule has 0 atom stereocenters. The molecule has 0 aliphatic rings. The number of hydrogen-bond donors (Lipinski definition) is 2. The fraction of sp³-hybridized carbons (Fsp3) is 0.400. The highest BCUT2D eigenvalue weighted by atomic mass is 19.3. The maximum atomic E-state index is 12.9. The molecule has 2 N–H and O–H groups in total. The summed E-state index contributed by atoms with van der Waals surface area (Å²) in [7, 11) is 1.56. The van der Waals surface area contributed by atoms with Crippen molar-refractivity contribution in [2.75, 3.05) is 20.3 Å². The number of nitrogens with zero attached hydrogens (tertiary/aromatic N) is 2. The summed E-state index contributed by atoms with van der Waals surface area (Å²) >= 11 is 0. The van der Waals surface area contributed by atoms with Crippen LogP contribution in [0.4, 0.5) is 8.78 Å². The van der Waals surface area contributed by atoms with Crippen LogP contribution in [-0.2, 0) is 13.1 Å². The van der Waals surface area contributed by atoms with Gasteiger partial charge < -0.3 is 24.8 Å². The smallest absolute Gasteiger partial charge is 0.387 e. The summed E-state index contributed by atoms with van der Waals surface area (Å²) in [4.78, 5) is 8.80. The first kappa shape index (κ1) is 22.2. The normalized spacial score (nSPS) is 11.3. The number of rotatable bonds is 10. The molecular weight excluding hydrogens is 382 g/mol. The Balaban J connectivity index is 2.15. The predicted molar refractivity (Wildman–Crippen MR) is 107 cm³/mol. The first-order valence-corrected chi connectivity index (χ1v) is 9.28. The lowest BCUT2D eigenvalue weighted by Gasteiger charge is -2.15. The van der Waals surface area contributed by atoms with Crippen molar-refractivity contribution in [2.45, 2.75) is 33.5 Å². The Bertz CT molecular complexity index is 803. The number of hydrogen-bond acceptors (Lipinski definition) is 5. The molecule has 158 valence electrons. The van der Waals surface area contributed by atoms with Crippen molar-refractivity contribution in [3.63, 3.8) is 0 Å². The second-order valence-electron chi connectivity index (χ2n) is 5.78. The number of methoxy groups -OCH3 is 1. The van der Waals surface area contributed by atoms with Gasteiger partial charge in [0.05, 0.1) is 32.5 Å². The third-order valence-electron chi connectivity index (χ3n) is 3.75. The van der Waals surface area contributed by atoms with Crippen LogP contribution in [0, 0.1) is 0 Å². The summed E-state index contributed by atoms with van der Waals surface area (Å²) < 4.78 is 40.9. The average Bonchev–Trinajstić information content (AvgIpc) is 2.72. The Labute approximate surface area is 169 Å². The molecule has 2 rings (SSSR count). The molecule has 1 aromatic heterocycles. The van der Waals surface area contributed by atoms with Gasteiger partial charge in [-0.15, -0.1) is 0 Å². The van der Waals surface area contributed by atoms with Crippen LogP contribution in [-0.4, -0.2) is 37.8 Å². The minimum atomic E-state index is -2.95. The van der Waals surface area contributed by atoms with Crippen molar-refractivity contribution in [3.8, 4) is 17.4 Å². The second kappa shape index (κ2) is 11.7. The van der Waals surface area contributed by atoms with Gasteiger partial charge in [-0.05, 0) is 26.0 Å². The number of pyridine rings is 1. The molecular formula is C20H26F2N4O3. The monoisotopic (exact) mass is 408 g/mol. The number of aliphatic imine (C=N–C) groups is 1. The maximum absolute atomic E-state index is 12.9. The molecule has 2 aromatic rings. The van der Waals surface area contributed by atoms with Gasteiger partial charge in [0.1, 0.15) is 0 Å². The van der Waals surface area contributed by atoms with Crippen LogP contribution in [0.15, 0.2) is 41.4 Å². The minimum absolute atomic E-state index is 0.00147. The molecule has 0 spiro atoms. The molecule has 0 unspecified atom stereocenters. The van der Waals surface area contributed by atoms with Gasteiger partial charge >= 0.3 is 6.61 Å². The van der Waals surface area contributed by atoms with Gasteiger partial charge in [-0.1, -0.05) is 18.2 Å². The molecule has 0 bridgehead atoms. The quantitative estimate of drug-likeness (QED) is 0.464. The predicted octanol–water partition coefficient (Wildman–Crippen LogP) is 3.35. The lowest BCUT2D eigenvalue weighted by atomic mass is 10.2. The second-order valence-corrected chi connectivity index (χ2v) is 5.78. The molecule has 0 amide bonds. The third kappa shape index (κ3) is 7.10. The van der Waals surface area contributed by atoms with Crippen LogP contribution in [0.3, 0.4) is 0 Å². The van der Waals surface area contributed by atoms with Crippen molar-refractivity contribution < 1.29 is 23.0 Å². The van der Waals surface area contributed by atoms with E-state index in [-0.39, 0.29) is 18.0 Å². The number of halogens is 2. The van der Waals surface area contributed by atoms with E-state index in [0.29, 0.717) is 37.1 Å². The highest BCUT2D eigenvalue weighted by Gasteiger charge is 2.15. The standard InChI is InChI=1S/C20H26F2N4O3/c1-4-23-20(25-13-15-9-7-11-17(26-15)27-3)24-12-14-8-6-10-16(28-5-2)18(14)29-19(21)22/h6-11,19H,4-5,12-13H2,1-3H3,(H2,23,24,25). The molecule has 1 aromatic carbocycles. The van der Waals surface area contributed by atoms with Gasteiger partial charge in [0.2, 0.25) is 5.88 Å². The number of aromatic nitrogens is 1. The molecule has 0 aliphatic heterocycles. The largest absolute Gasteiger partial charge is 0.490 e. The number of alkyl halides is 2. The van der Waals surface area contributed by atoms with Gasteiger partial charge in [0.25, 0.3) is 0 Å². The highest BCUT2D eigenvalue weighted by molar-refractivity contribution is 5.79. The summed E-state index contributed by atoms with van der Waals surface area (Å²) in [6.07, 6.45) is 0. The summed E-state index contributed by atoms with van der Waals surface area (Å²) in [5.41, 5.74) is 1.27. The first-order chi connectivity index (χ1) is 14.1. The Hall–Kier alpha value is -3.10. The Kier molecular flexibility index (Phi) is 8.94. The van der Waals surface area contributed by atoms with E-state index in [9.17, 15) is 8.78 Å². The van der Waals surface area contributed by atoms with Crippen LogP contribution in [0.25, 0.3) is 0 Å². The Morgan fingerprint density at radius 1 is 1.14 bits per heavy atom. The minimum Gasteiger partial charge on any atom is -0.490 e. The molecule has 0 aliphatic carbocycles. The molecule has 0 saturated carbocycles. The van der Waals surface area contributed by atoms with E-state index in [0.717, 1.165) is 5.69 Å². The van der Waals surface area contributed by atoms with Gasteiger partial charge in [-0.3, -0.25) is 0 Å². The van der Waals surface area contributed by atoms with Crippen molar-refractivity contribution in [1.82, 2.24) is 15.6 Å². The zero-order chi connectivity index (χ0) is 21.1. The Morgan fingerprint density at radius 3 is 2.62 bits per heavy atom. The third-order valence-corrected chi connectivity index (χ3v) is 3.75. The fourth-order valence-corrected chi connectivity index (χ4v) is 2.53. The maximum Gasteiger partial charge on any atom is 0.387 e. The van der Waals surface area contributed by atoms with Crippen LogP contribution in [0.2, 0.25) is 0 Å². The van der Waals surface area contributed by atoms with E-state index in [2.05, 4.69) is 25.3 Å². The van der Waals surface area contributed by atoms with E-state index in [1.807, 2.05) is 19.1 Å². The molecule has 1 heterocycles. The van der Waals surface area contributed by atoms with E-state index < -0.39 is 6.61 Å². The molecule has 7 nitrogen and oxygen atoms in total. The van der Waals surface area contributed by atoms with Gasteiger partial charge in [0, 0.05) is 18.2 Å². The van der Waals surface area contributed by atoms with Gasteiger partial charge in [0.15, 0.2) is 17.5 Å². The molecule has 0 fully saturated rings. The molecule has 9 heteroatoms. The van der Waals surface area contributed by atoms with E-state index in [4.69, 9.17) is 9.47 Å². The van der Waals surface area contributed by atoms with Crippen molar-refractivity contribution >= 4 is 5.96 Å². The van der Waals surface area contributed by atoms with Crippen LogP contribution >= 0.6 is 0 Å². The molecule has 29 heavy (non-hydrogen) atoms. The number of para-hydroxylation sites is 1. The molecule has 0 saturated heterocycles. The SMILES string of the molecule is CCNC(=NCc1cccc(OCC)c1OC(F)F)NCc1cccc(OC)n1. The topological polar surface area (TPSA) is 77.0 Å². The first-order valence-electron chi connectivity index (χ1n) is 9.28. The lowest BCUT2D eigenvalue weighted by Crippen LogP contribution is -2.37. The van der Waals surface area contributed by atoms with Crippen molar-refractivity contribution in [1.29, 1.82) is 0 Å². The zero-order valence-electron chi connectivity index (χ0n) is 16.7. The van der Waals surface area contributed by atoms with Crippen LogP contribution < -0.4 is 24.8 Å². The van der Waals surface area contributed by atoms with Crippen molar-refractivity contribution in [2.24, 2.45) is 4.99 Å². The zero-order valence-corrected chi connectivity index (χ0v) is 16.7. The summed E-state index contributed by atoms with van der Waals surface area (Å²) in [5, 5.41) is 6.27. The van der Waals surface area contributed by atoms with E-state index in [1.54, 1.807) is 38.3 Å².